The molecule has 168 valence electrons. The summed E-state index contributed by atoms with van der Waals surface area (Å²) in [5.74, 6) is 0. The molecule has 0 atom stereocenters. The topological polar surface area (TPSA) is 56.7 Å². The minimum Gasteiger partial charge on any atom is -0.428 e. The predicted octanol–water partition coefficient (Wildman–Crippen LogP) is 8.77. The molecule has 0 radical (unpaired) electrons. The van der Waals surface area contributed by atoms with Gasteiger partial charge < -0.3 is 15.2 Å². The van der Waals surface area contributed by atoms with E-state index in [1.807, 2.05) is 54.6 Å². The maximum absolute atomic E-state index is 11.6. The first-order valence-electron chi connectivity index (χ1n) is 11.2. The van der Waals surface area contributed by atoms with Gasteiger partial charge in [0.05, 0.1) is 30.1 Å². The summed E-state index contributed by atoms with van der Waals surface area (Å²) in [4.78, 5) is 7.20. The van der Waals surface area contributed by atoms with Gasteiger partial charge in [0.2, 0.25) is 0 Å². The van der Waals surface area contributed by atoms with E-state index in [9.17, 15) is 5.21 Å². The Kier molecular flexibility index (Phi) is 4.39. The fourth-order valence-corrected chi connectivity index (χ4v) is 6.37. The van der Waals surface area contributed by atoms with Gasteiger partial charge in [0.1, 0.15) is 5.52 Å². The van der Waals surface area contributed by atoms with Gasteiger partial charge in [-0.05, 0) is 24.6 Å². The molecule has 0 unspecified atom stereocenters. The van der Waals surface area contributed by atoms with Gasteiger partial charge in [0, 0.05) is 43.7 Å². The summed E-state index contributed by atoms with van der Waals surface area (Å²) in [5.41, 5.74) is 5.52. The van der Waals surface area contributed by atoms with Gasteiger partial charge in [-0.25, -0.2) is 0 Å². The van der Waals surface area contributed by atoms with Crippen molar-refractivity contribution in [2.24, 2.45) is 0 Å². The average Bonchev–Trinajstić information content (AvgIpc) is 3.12. The van der Waals surface area contributed by atoms with Gasteiger partial charge in [0.25, 0.3) is 0 Å². The second-order valence-corrected chi connectivity index (χ2v) is 9.93. The molecule has 4 nitrogen and oxygen atoms in total. The second-order valence-electron chi connectivity index (χ2n) is 8.70. The Bertz CT molecular complexity index is 2160. The Labute approximate surface area is 214 Å². The zero-order valence-corrected chi connectivity index (χ0v) is 20.7. The molecule has 1 aliphatic rings. The number of nitrogens with one attached hydrogen (secondary N) is 2. The smallest absolute Gasteiger partial charge is 0.102 e. The lowest BCUT2D eigenvalue weighted by molar-refractivity contribution is 0.212. The maximum atomic E-state index is 11.6. The minimum absolute atomic E-state index is 0.572. The number of pyridine rings is 3. The van der Waals surface area contributed by atoms with Crippen molar-refractivity contribution in [2.45, 2.75) is 6.42 Å². The van der Waals surface area contributed by atoms with E-state index in [0.29, 0.717) is 24.6 Å². The van der Waals surface area contributed by atoms with Crippen molar-refractivity contribution >= 4 is 103 Å². The van der Waals surface area contributed by atoms with Crippen molar-refractivity contribution in [2.75, 3.05) is 0 Å². The van der Waals surface area contributed by atoms with E-state index >= 15 is 0 Å². The summed E-state index contributed by atoms with van der Waals surface area (Å²) in [6.45, 7) is 0. The maximum Gasteiger partial charge on any atom is 0.102 e. The molecule has 0 saturated carbocycles. The largest absolute Gasteiger partial charge is 0.428 e. The Morgan fingerprint density at radius 2 is 1.37 bits per heavy atom. The van der Waals surface area contributed by atoms with E-state index < -0.39 is 0 Å². The number of hydrogen-bond donors (Lipinski definition) is 3. The number of allylic oxidation sites excluding steroid dienone is 2. The zero-order chi connectivity index (χ0) is 23.8. The summed E-state index contributed by atoms with van der Waals surface area (Å²) in [6, 6.07) is 15.6. The molecule has 1 aliphatic carbocycles. The van der Waals surface area contributed by atoms with Gasteiger partial charge in [-0.1, -0.05) is 91.3 Å². The van der Waals surface area contributed by atoms with Crippen LogP contribution in [0.1, 0.15) is 17.7 Å². The number of rotatable bonds is 0. The number of hydrogen-bond acceptors (Lipinski definition) is 4. The molecule has 3 heterocycles. The second kappa shape index (κ2) is 7.42. The molecule has 3 N–H and O–H groups in total. The quantitative estimate of drug-likeness (QED) is 0.0832. The van der Waals surface area contributed by atoms with Gasteiger partial charge >= 0.3 is 0 Å². The fraction of sp³-hybridized carbons (Fsp3) is 0.0357. The van der Waals surface area contributed by atoms with Crippen LogP contribution >= 0.6 is 36.7 Å². The number of aromatic nitrogens is 3. The molecule has 0 fully saturated rings. The van der Waals surface area contributed by atoms with E-state index in [4.69, 9.17) is 36.7 Å². The summed E-state index contributed by atoms with van der Waals surface area (Å²) in [7, 11) is 0. The van der Waals surface area contributed by atoms with E-state index in [1.54, 1.807) is 0 Å². The van der Waals surface area contributed by atoms with Crippen molar-refractivity contribution in [1.82, 2.24) is 14.7 Å². The highest BCUT2D eigenvalue weighted by molar-refractivity contribution is 7.72. The molecule has 35 heavy (non-hydrogen) atoms. The summed E-state index contributed by atoms with van der Waals surface area (Å²) in [6.07, 6.45) is 9.10. The number of fused-ring (bicyclic) bond motifs is 9. The normalized spacial score (nSPS) is 13.3. The third kappa shape index (κ3) is 2.74. The van der Waals surface area contributed by atoms with E-state index in [0.717, 1.165) is 61.2 Å². The molecular weight excluding hydrogens is 491 g/mol. The van der Waals surface area contributed by atoms with Crippen LogP contribution in [0.5, 0.6) is 0 Å². The van der Waals surface area contributed by atoms with Crippen molar-refractivity contribution in [3.63, 3.8) is 0 Å². The van der Waals surface area contributed by atoms with Crippen molar-refractivity contribution in [3.05, 3.63) is 85.5 Å². The monoisotopic (exact) mass is 507 g/mol. The van der Waals surface area contributed by atoms with Gasteiger partial charge in [-0.3, -0.25) is 0 Å². The SMILES string of the molecule is On1c2ccccc2c(=S)c2c3[nH]c4ccccc4c(=S)c3c3[nH]c4c(c(=S)c3c21)C=CCC=C4. The molecule has 0 bridgehead atoms. The molecule has 3 aromatic heterocycles. The molecule has 0 saturated heterocycles. The molecule has 7 rings (SSSR count). The molecular formula is C28H17N3OS3. The van der Waals surface area contributed by atoms with Gasteiger partial charge in [0.15, 0.2) is 0 Å². The standard InChI is InChI=1S/C28H17N3OS3/c32-31-19-13-7-5-10-16(19)28(35)22-24-20(26(33)14-9-4-6-12-18(14)30-24)23-21(25(22)31)27(34)15-8-2-1-3-11-17(15)29-23/h2-13,32H,1H2,(H,29,34)(H,30,33). The van der Waals surface area contributed by atoms with Gasteiger partial charge in [-0.2, -0.15) is 4.73 Å². The average molecular weight is 508 g/mol. The highest BCUT2D eigenvalue weighted by Gasteiger charge is 2.21. The molecule has 6 aromatic rings. The van der Waals surface area contributed by atoms with E-state index in [-0.39, 0.29) is 0 Å². The van der Waals surface area contributed by atoms with Crippen molar-refractivity contribution < 1.29 is 5.21 Å². The highest BCUT2D eigenvalue weighted by Crippen LogP contribution is 2.40. The van der Waals surface area contributed by atoms with E-state index in [2.05, 4.69) is 28.2 Å². The van der Waals surface area contributed by atoms with Crippen LogP contribution in [-0.4, -0.2) is 19.9 Å². The number of benzene rings is 3. The van der Waals surface area contributed by atoms with Crippen molar-refractivity contribution in [3.8, 4) is 0 Å². The van der Waals surface area contributed by atoms with Crippen LogP contribution in [0.4, 0.5) is 0 Å². The van der Waals surface area contributed by atoms with Crippen LogP contribution in [0.25, 0.3) is 66.7 Å². The van der Waals surface area contributed by atoms with Crippen LogP contribution in [0.2, 0.25) is 0 Å². The lowest BCUT2D eigenvalue weighted by Gasteiger charge is -2.18. The molecule has 7 heteroatoms. The summed E-state index contributed by atoms with van der Waals surface area (Å²) < 4.78 is 3.24. The lowest BCUT2D eigenvalue weighted by Crippen LogP contribution is -2.03. The van der Waals surface area contributed by atoms with Crippen LogP contribution in [0.15, 0.2) is 60.7 Å². The Hall–Kier alpha value is -3.65. The fourth-order valence-electron chi connectivity index (χ4n) is 5.24. The number of aromatic amines is 2. The number of H-pyrrole nitrogens is 2. The third-order valence-electron chi connectivity index (χ3n) is 6.81. The molecule has 0 amide bonds. The summed E-state index contributed by atoms with van der Waals surface area (Å²) >= 11 is 18.2. The van der Waals surface area contributed by atoms with Crippen LogP contribution in [-0.2, 0) is 0 Å². The molecule has 0 spiro atoms. The molecule has 0 aliphatic heterocycles. The number of nitrogens with zero attached hydrogens (tertiary/aromatic N) is 1. The first kappa shape index (κ1) is 20.7. The lowest BCUT2D eigenvalue weighted by atomic mass is 9.98. The zero-order valence-electron chi connectivity index (χ0n) is 18.3. The Morgan fingerprint density at radius 1 is 0.714 bits per heavy atom. The van der Waals surface area contributed by atoms with Crippen molar-refractivity contribution in [1.29, 1.82) is 0 Å². The minimum atomic E-state index is 0.572. The van der Waals surface area contributed by atoms with Crippen LogP contribution < -0.4 is 0 Å². The third-order valence-corrected chi connectivity index (χ3v) is 8.08. The number of para-hydroxylation sites is 2. The van der Waals surface area contributed by atoms with Crippen LogP contribution in [0.3, 0.4) is 0 Å². The highest BCUT2D eigenvalue weighted by atomic mass is 32.1. The molecule has 3 aromatic carbocycles. The summed E-state index contributed by atoms with van der Waals surface area (Å²) in [5, 5.41) is 15.6. The van der Waals surface area contributed by atoms with E-state index in [1.165, 1.54) is 4.73 Å². The predicted molar refractivity (Wildman–Crippen MR) is 153 cm³/mol. The Balaban J connectivity index is 1.94. The van der Waals surface area contributed by atoms with Gasteiger partial charge in [-0.15, -0.1) is 0 Å². The Morgan fingerprint density at radius 3 is 2.23 bits per heavy atom. The first-order valence-corrected chi connectivity index (χ1v) is 12.4. The van der Waals surface area contributed by atoms with Crippen LogP contribution in [0, 0.1) is 13.5 Å². The first-order chi connectivity index (χ1) is 17.1.